The summed E-state index contributed by atoms with van der Waals surface area (Å²) in [6, 6.07) is 6.76. The lowest BCUT2D eigenvalue weighted by atomic mass is 9.93. The maximum absolute atomic E-state index is 11.9. The fraction of sp³-hybridized carbons (Fsp3) is 0.267. The molecule has 2 amide bonds. The Morgan fingerprint density at radius 1 is 1.18 bits per heavy atom. The summed E-state index contributed by atoms with van der Waals surface area (Å²) in [6.07, 6.45) is 0. The first-order valence-electron chi connectivity index (χ1n) is 6.72. The molecule has 3 rings (SSSR count). The van der Waals surface area contributed by atoms with E-state index in [-0.39, 0.29) is 22.6 Å². The van der Waals surface area contributed by atoms with E-state index in [4.69, 9.17) is 4.74 Å². The number of pyridine rings is 1. The third kappa shape index (κ3) is 2.37. The van der Waals surface area contributed by atoms with Crippen molar-refractivity contribution in [3.8, 4) is 5.75 Å². The number of aromatic nitrogens is 1. The number of fused-ring (bicyclic) bond motifs is 1. The molecule has 7 heteroatoms. The molecule has 2 N–H and O–H groups in total. The van der Waals surface area contributed by atoms with Gasteiger partial charge in [0, 0.05) is 17.4 Å². The summed E-state index contributed by atoms with van der Waals surface area (Å²) in [7, 11) is 1.53. The highest BCUT2D eigenvalue weighted by molar-refractivity contribution is 8.15. The van der Waals surface area contributed by atoms with Gasteiger partial charge in [0.15, 0.2) is 0 Å². The van der Waals surface area contributed by atoms with Gasteiger partial charge >= 0.3 is 0 Å². The number of H-pyrrole nitrogens is 1. The largest absolute Gasteiger partial charge is 0.495 e. The number of ether oxygens (including phenoxy) is 1. The Morgan fingerprint density at radius 3 is 2.59 bits per heavy atom. The molecule has 0 aliphatic carbocycles. The van der Waals surface area contributed by atoms with Crippen LogP contribution in [-0.2, 0) is 4.79 Å². The van der Waals surface area contributed by atoms with Crippen molar-refractivity contribution in [2.24, 2.45) is 0 Å². The number of thioether (sulfide) groups is 1. The number of rotatable bonds is 3. The molecule has 1 saturated heterocycles. The number of amides is 2. The fourth-order valence-electron chi connectivity index (χ4n) is 2.68. The first-order chi connectivity index (χ1) is 10.5. The van der Waals surface area contributed by atoms with E-state index in [0.29, 0.717) is 11.3 Å². The second-order valence-corrected chi connectivity index (χ2v) is 6.19. The highest BCUT2D eigenvalue weighted by atomic mass is 32.2. The average molecular weight is 318 g/mol. The Hall–Kier alpha value is -2.28. The van der Waals surface area contributed by atoms with Crippen molar-refractivity contribution in [2.45, 2.75) is 18.1 Å². The zero-order chi connectivity index (χ0) is 15.9. The highest BCUT2D eigenvalue weighted by Gasteiger charge is 2.37. The number of hydrogen-bond acceptors (Lipinski definition) is 5. The molecule has 1 aliphatic heterocycles. The fourth-order valence-corrected chi connectivity index (χ4v) is 3.58. The lowest BCUT2D eigenvalue weighted by molar-refractivity contribution is -0.119. The number of benzene rings is 1. The number of carbonyl (C=O) groups is 2. The molecule has 0 bridgehead atoms. The minimum absolute atomic E-state index is 0.184. The Labute approximate surface area is 130 Å². The van der Waals surface area contributed by atoms with Gasteiger partial charge < -0.3 is 9.72 Å². The van der Waals surface area contributed by atoms with Crippen LogP contribution in [0.4, 0.5) is 4.79 Å². The zero-order valence-electron chi connectivity index (χ0n) is 12.0. The van der Waals surface area contributed by atoms with Gasteiger partial charge in [-0.2, -0.15) is 0 Å². The molecule has 0 radical (unpaired) electrons. The molecular weight excluding hydrogens is 304 g/mol. The van der Waals surface area contributed by atoms with Gasteiger partial charge in [0.2, 0.25) is 11.5 Å². The first kappa shape index (κ1) is 14.6. The van der Waals surface area contributed by atoms with Gasteiger partial charge in [0.1, 0.15) is 5.75 Å². The van der Waals surface area contributed by atoms with Crippen molar-refractivity contribution < 1.29 is 14.3 Å². The van der Waals surface area contributed by atoms with Crippen LogP contribution in [0.5, 0.6) is 5.75 Å². The molecule has 6 nitrogen and oxygen atoms in total. The van der Waals surface area contributed by atoms with E-state index in [1.807, 2.05) is 13.0 Å². The van der Waals surface area contributed by atoms with E-state index < -0.39 is 5.25 Å². The van der Waals surface area contributed by atoms with Gasteiger partial charge in [-0.15, -0.1) is 0 Å². The quantitative estimate of drug-likeness (QED) is 0.903. The predicted octanol–water partition coefficient (Wildman–Crippen LogP) is 1.99. The average Bonchev–Trinajstić information content (AvgIpc) is 2.84. The molecule has 0 spiro atoms. The van der Waals surface area contributed by atoms with Crippen molar-refractivity contribution in [3.05, 3.63) is 40.2 Å². The molecule has 2 aromatic rings. The molecule has 1 aromatic carbocycles. The normalized spacial score (nSPS) is 19.3. The van der Waals surface area contributed by atoms with Crippen LogP contribution in [0, 0.1) is 0 Å². The molecule has 22 heavy (non-hydrogen) atoms. The number of methoxy groups -OCH3 is 1. The first-order valence-corrected chi connectivity index (χ1v) is 7.60. The third-order valence-corrected chi connectivity index (χ3v) is 4.97. The van der Waals surface area contributed by atoms with Crippen LogP contribution in [0.2, 0.25) is 0 Å². The molecule has 2 unspecified atom stereocenters. The highest BCUT2D eigenvalue weighted by Crippen LogP contribution is 2.37. The molecule has 0 saturated carbocycles. The summed E-state index contributed by atoms with van der Waals surface area (Å²) in [5.74, 6) is 0.0925. The van der Waals surface area contributed by atoms with Gasteiger partial charge in [-0.1, -0.05) is 24.8 Å². The summed E-state index contributed by atoms with van der Waals surface area (Å²) >= 11 is 0.995. The zero-order valence-corrected chi connectivity index (χ0v) is 12.8. The lowest BCUT2D eigenvalue weighted by Gasteiger charge is -2.18. The van der Waals surface area contributed by atoms with Crippen molar-refractivity contribution >= 4 is 33.8 Å². The molecule has 1 aliphatic rings. The standard InChI is InChI=1S/C15H14N2O4S/c1-7(13-14(19)17-15(20)22-13)8-3-5-10(21-2)12-9(8)4-6-11(18)16-12/h3-7,13H,1-2H3,(H,16,18)(H,17,19,20). The lowest BCUT2D eigenvalue weighted by Crippen LogP contribution is -2.27. The Balaban J connectivity index is 2.13. The second kappa shape index (κ2) is 5.49. The van der Waals surface area contributed by atoms with Gasteiger partial charge in [-0.25, -0.2) is 0 Å². The van der Waals surface area contributed by atoms with Crippen LogP contribution in [0.25, 0.3) is 10.9 Å². The third-order valence-electron chi connectivity index (χ3n) is 3.77. The SMILES string of the molecule is COc1ccc(C(C)C2SC(=O)NC2=O)c2ccc(=O)[nH]c12. The molecular formula is C15H14N2O4S. The number of hydrogen-bond donors (Lipinski definition) is 2. The van der Waals surface area contributed by atoms with Crippen LogP contribution >= 0.6 is 11.8 Å². The Bertz CT molecular complexity index is 830. The van der Waals surface area contributed by atoms with Crippen LogP contribution in [0.15, 0.2) is 29.1 Å². The summed E-state index contributed by atoms with van der Waals surface area (Å²) in [4.78, 5) is 37.6. The maximum atomic E-state index is 11.9. The smallest absolute Gasteiger partial charge is 0.286 e. The summed E-state index contributed by atoms with van der Waals surface area (Å²) < 4.78 is 5.27. The Kier molecular flexibility index (Phi) is 3.66. The van der Waals surface area contributed by atoms with E-state index in [9.17, 15) is 14.4 Å². The van der Waals surface area contributed by atoms with E-state index >= 15 is 0 Å². The van der Waals surface area contributed by atoms with E-state index in [0.717, 1.165) is 22.7 Å². The molecule has 1 aromatic heterocycles. The van der Waals surface area contributed by atoms with Gasteiger partial charge in [-0.3, -0.25) is 19.7 Å². The maximum Gasteiger partial charge on any atom is 0.286 e. The van der Waals surface area contributed by atoms with Crippen molar-refractivity contribution in [1.82, 2.24) is 10.3 Å². The summed E-state index contributed by atoms with van der Waals surface area (Å²) in [5.41, 5.74) is 1.25. The molecule has 1 fully saturated rings. The van der Waals surface area contributed by atoms with Gasteiger partial charge in [-0.05, 0) is 17.7 Å². The number of imide groups is 1. The minimum Gasteiger partial charge on any atom is -0.495 e. The monoisotopic (exact) mass is 318 g/mol. The number of aromatic amines is 1. The minimum atomic E-state index is -0.476. The molecule has 2 atom stereocenters. The summed E-state index contributed by atoms with van der Waals surface area (Å²) in [6.45, 7) is 1.89. The van der Waals surface area contributed by atoms with E-state index in [2.05, 4.69) is 10.3 Å². The Morgan fingerprint density at radius 2 is 1.95 bits per heavy atom. The van der Waals surface area contributed by atoms with E-state index in [1.54, 1.807) is 12.1 Å². The van der Waals surface area contributed by atoms with Crippen molar-refractivity contribution in [2.75, 3.05) is 7.11 Å². The van der Waals surface area contributed by atoms with Crippen molar-refractivity contribution in [3.63, 3.8) is 0 Å². The van der Waals surface area contributed by atoms with Gasteiger partial charge in [0.25, 0.3) is 5.24 Å². The van der Waals surface area contributed by atoms with Crippen molar-refractivity contribution in [1.29, 1.82) is 0 Å². The van der Waals surface area contributed by atoms with Crippen LogP contribution in [0.1, 0.15) is 18.4 Å². The predicted molar refractivity (Wildman–Crippen MR) is 84.5 cm³/mol. The summed E-state index contributed by atoms with van der Waals surface area (Å²) in [5, 5.41) is 2.30. The number of carbonyl (C=O) groups excluding carboxylic acids is 2. The second-order valence-electron chi connectivity index (χ2n) is 5.07. The van der Waals surface area contributed by atoms with E-state index in [1.165, 1.54) is 13.2 Å². The molecule has 114 valence electrons. The number of nitrogens with one attached hydrogen (secondary N) is 2. The topological polar surface area (TPSA) is 88.3 Å². The van der Waals surface area contributed by atoms with Gasteiger partial charge in [0.05, 0.1) is 17.9 Å². The van der Waals surface area contributed by atoms with Crippen LogP contribution < -0.4 is 15.6 Å². The van der Waals surface area contributed by atoms with Crippen LogP contribution in [0.3, 0.4) is 0 Å². The molecule has 2 heterocycles. The van der Waals surface area contributed by atoms with Crippen LogP contribution in [-0.4, -0.2) is 28.5 Å².